The average molecular weight is 644 g/mol. The Labute approximate surface area is 280 Å². The molecule has 5 aromatic carbocycles. The molecule has 0 bridgehead atoms. The number of hydrogen-bond donors (Lipinski definition) is 2. The lowest BCUT2D eigenvalue weighted by molar-refractivity contribution is 0.0988. The van der Waals surface area contributed by atoms with Crippen LogP contribution in [0.4, 0.5) is 16.2 Å². The van der Waals surface area contributed by atoms with E-state index < -0.39 is 6.09 Å². The summed E-state index contributed by atoms with van der Waals surface area (Å²) in [5.74, 6) is 0.678. The maximum atomic E-state index is 13.7. The van der Waals surface area contributed by atoms with Crippen LogP contribution >= 0.6 is 0 Å². The van der Waals surface area contributed by atoms with Gasteiger partial charge in [-0.15, -0.1) is 0 Å². The van der Waals surface area contributed by atoms with Crippen molar-refractivity contribution in [3.63, 3.8) is 0 Å². The SMILES string of the molecule is COc1cc(NC(=O)c2ccccc2-c2ccc(C)cc2)ccc1C(=O)N(C)c1ccccc1OCCCNC(=O)Oc1ccccc1. The molecule has 5 aromatic rings. The van der Waals surface area contributed by atoms with Crippen molar-refractivity contribution in [2.45, 2.75) is 13.3 Å². The number of rotatable bonds is 12. The molecule has 9 nitrogen and oxygen atoms in total. The Morgan fingerprint density at radius 2 is 1.46 bits per heavy atom. The van der Waals surface area contributed by atoms with Crippen LogP contribution in [0, 0.1) is 6.92 Å². The summed E-state index contributed by atoms with van der Waals surface area (Å²) in [4.78, 5) is 40.6. The van der Waals surface area contributed by atoms with Gasteiger partial charge in [-0.3, -0.25) is 9.59 Å². The summed E-state index contributed by atoms with van der Waals surface area (Å²) in [6, 6.07) is 36.4. The fourth-order valence-electron chi connectivity index (χ4n) is 5.03. The summed E-state index contributed by atoms with van der Waals surface area (Å²) in [5.41, 5.74) is 4.78. The summed E-state index contributed by atoms with van der Waals surface area (Å²) in [6.07, 6.45) is -0.0228. The lowest BCUT2D eigenvalue weighted by Gasteiger charge is -2.22. The number of para-hydroxylation sites is 3. The van der Waals surface area contributed by atoms with Gasteiger partial charge in [-0.1, -0.05) is 78.4 Å². The number of methoxy groups -OCH3 is 1. The van der Waals surface area contributed by atoms with Gasteiger partial charge >= 0.3 is 6.09 Å². The molecule has 9 heteroatoms. The molecule has 5 rings (SSSR count). The molecule has 3 amide bonds. The Morgan fingerprint density at radius 1 is 0.750 bits per heavy atom. The number of anilines is 2. The lowest BCUT2D eigenvalue weighted by atomic mass is 9.98. The summed E-state index contributed by atoms with van der Waals surface area (Å²) >= 11 is 0. The highest BCUT2D eigenvalue weighted by molar-refractivity contribution is 6.10. The van der Waals surface area contributed by atoms with Crippen molar-refractivity contribution in [2.24, 2.45) is 0 Å². The number of nitrogens with zero attached hydrogens (tertiary/aromatic N) is 1. The normalized spacial score (nSPS) is 10.5. The maximum absolute atomic E-state index is 13.7. The fourth-order valence-corrected chi connectivity index (χ4v) is 5.03. The first-order chi connectivity index (χ1) is 23.3. The molecule has 0 aromatic heterocycles. The number of ether oxygens (including phenoxy) is 3. The molecule has 0 unspecified atom stereocenters. The van der Waals surface area contributed by atoms with Gasteiger partial charge in [0, 0.05) is 30.9 Å². The first kappa shape index (κ1) is 33.3. The zero-order chi connectivity index (χ0) is 33.9. The molecule has 0 aliphatic heterocycles. The predicted molar refractivity (Wildman–Crippen MR) is 187 cm³/mol. The Hall–Kier alpha value is -6.09. The molecule has 0 spiro atoms. The molecular weight excluding hydrogens is 606 g/mol. The van der Waals surface area contributed by atoms with Crippen molar-refractivity contribution in [2.75, 3.05) is 37.5 Å². The highest BCUT2D eigenvalue weighted by Gasteiger charge is 2.22. The topological polar surface area (TPSA) is 106 Å². The third-order valence-corrected chi connectivity index (χ3v) is 7.56. The van der Waals surface area contributed by atoms with Gasteiger partial charge in [0.05, 0.1) is 25.0 Å². The molecule has 0 fully saturated rings. The van der Waals surface area contributed by atoms with Crippen LogP contribution in [-0.4, -0.2) is 45.2 Å². The van der Waals surface area contributed by atoms with Gasteiger partial charge in [0.2, 0.25) is 0 Å². The van der Waals surface area contributed by atoms with Gasteiger partial charge in [-0.25, -0.2) is 4.79 Å². The summed E-state index contributed by atoms with van der Waals surface area (Å²) in [7, 11) is 3.13. The number of amides is 3. The second kappa shape index (κ2) is 16.0. The van der Waals surface area contributed by atoms with Gasteiger partial charge in [0.15, 0.2) is 0 Å². The second-order valence-electron chi connectivity index (χ2n) is 10.9. The average Bonchev–Trinajstić information content (AvgIpc) is 3.11. The molecule has 0 aliphatic rings. The minimum Gasteiger partial charge on any atom is -0.496 e. The molecule has 48 heavy (non-hydrogen) atoms. The Kier molecular flexibility index (Phi) is 11.1. The number of hydrogen-bond acceptors (Lipinski definition) is 6. The van der Waals surface area contributed by atoms with E-state index in [4.69, 9.17) is 14.2 Å². The maximum Gasteiger partial charge on any atom is 0.412 e. The van der Waals surface area contributed by atoms with Crippen LogP contribution in [0.2, 0.25) is 0 Å². The first-order valence-electron chi connectivity index (χ1n) is 15.5. The zero-order valence-corrected chi connectivity index (χ0v) is 27.1. The third-order valence-electron chi connectivity index (χ3n) is 7.56. The van der Waals surface area contributed by atoms with E-state index in [-0.39, 0.29) is 11.8 Å². The van der Waals surface area contributed by atoms with Crippen LogP contribution in [0.25, 0.3) is 11.1 Å². The van der Waals surface area contributed by atoms with Crippen LogP contribution in [0.15, 0.2) is 121 Å². The zero-order valence-electron chi connectivity index (χ0n) is 27.1. The largest absolute Gasteiger partial charge is 0.496 e. The van der Waals surface area contributed by atoms with Gasteiger partial charge in [-0.2, -0.15) is 0 Å². The quantitative estimate of drug-likeness (QED) is 0.135. The number of carbonyl (C=O) groups is 3. The highest BCUT2D eigenvalue weighted by Crippen LogP contribution is 2.32. The van der Waals surface area contributed by atoms with Crippen molar-refractivity contribution >= 4 is 29.3 Å². The van der Waals surface area contributed by atoms with Gasteiger partial charge in [0.25, 0.3) is 11.8 Å². The van der Waals surface area contributed by atoms with Gasteiger partial charge in [-0.05, 0) is 66.9 Å². The predicted octanol–water partition coefficient (Wildman–Crippen LogP) is 7.76. The minimum absolute atomic E-state index is 0.279. The Balaban J connectivity index is 1.21. The van der Waals surface area contributed by atoms with Crippen molar-refractivity contribution in [3.05, 3.63) is 138 Å². The van der Waals surface area contributed by atoms with Crippen molar-refractivity contribution < 1.29 is 28.6 Å². The van der Waals surface area contributed by atoms with Crippen LogP contribution in [0.1, 0.15) is 32.7 Å². The van der Waals surface area contributed by atoms with Crippen molar-refractivity contribution in [1.82, 2.24) is 5.32 Å². The number of nitrogens with one attached hydrogen (secondary N) is 2. The standard InChI is InChI=1S/C39H37N3O6/c1-27-18-20-28(21-19-27)31-14-7-8-15-32(31)37(43)41-29-22-23-33(36(26-29)46-3)38(44)42(2)34-16-9-10-17-35(34)47-25-11-24-40-39(45)48-30-12-5-4-6-13-30/h4-10,12-23,26H,11,24-25H2,1-3H3,(H,40,45)(H,41,43). The van der Waals surface area contributed by atoms with Gasteiger partial charge in [0.1, 0.15) is 17.2 Å². The summed E-state index contributed by atoms with van der Waals surface area (Å²) in [6.45, 7) is 2.67. The van der Waals surface area contributed by atoms with E-state index >= 15 is 0 Å². The van der Waals surface area contributed by atoms with Gasteiger partial charge < -0.3 is 29.7 Å². The van der Waals surface area contributed by atoms with Crippen LogP contribution in [0.5, 0.6) is 17.2 Å². The van der Waals surface area contributed by atoms with E-state index in [0.29, 0.717) is 59.3 Å². The molecule has 2 N–H and O–H groups in total. The third kappa shape index (κ3) is 8.38. The molecule has 0 radical (unpaired) electrons. The molecular formula is C39H37N3O6. The number of carbonyl (C=O) groups excluding carboxylic acids is 3. The molecule has 0 heterocycles. The summed E-state index contributed by atoms with van der Waals surface area (Å²) in [5, 5.41) is 5.64. The molecule has 0 atom stereocenters. The van der Waals surface area contributed by atoms with Crippen LogP contribution in [0.3, 0.4) is 0 Å². The first-order valence-corrected chi connectivity index (χ1v) is 15.5. The number of benzene rings is 5. The monoisotopic (exact) mass is 643 g/mol. The molecule has 0 saturated heterocycles. The molecule has 0 saturated carbocycles. The smallest absolute Gasteiger partial charge is 0.412 e. The number of aryl methyl sites for hydroxylation is 1. The molecule has 244 valence electrons. The highest BCUT2D eigenvalue weighted by atomic mass is 16.6. The molecule has 0 aliphatic carbocycles. The minimum atomic E-state index is -0.543. The summed E-state index contributed by atoms with van der Waals surface area (Å²) < 4.78 is 16.8. The Bertz CT molecular complexity index is 1880. The fraction of sp³-hybridized carbons (Fsp3) is 0.154. The van der Waals surface area contributed by atoms with E-state index in [1.807, 2.05) is 67.6 Å². The van der Waals surface area contributed by atoms with E-state index in [1.54, 1.807) is 67.7 Å². The van der Waals surface area contributed by atoms with Crippen LogP contribution in [-0.2, 0) is 0 Å². The van der Waals surface area contributed by atoms with Crippen molar-refractivity contribution in [3.8, 4) is 28.4 Å². The van der Waals surface area contributed by atoms with E-state index in [2.05, 4.69) is 10.6 Å². The van der Waals surface area contributed by atoms with E-state index in [9.17, 15) is 14.4 Å². The van der Waals surface area contributed by atoms with Crippen molar-refractivity contribution in [1.29, 1.82) is 0 Å². The van der Waals surface area contributed by atoms with E-state index in [0.717, 1.165) is 16.7 Å². The van der Waals surface area contributed by atoms with E-state index in [1.165, 1.54) is 12.0 Å². The lowest BCUT2D eigenvalue weighted by Crippen LogP contribution is -2.29. The second-order valence-corrected chi connectivity index (χ2v) is 10.9. The Morgan fingerprint density at radius 3 is 2.23 bits per heavy atom. The van der Waals surface area contributed by atoms with Crippen LogP contribution < -0.4 is 29.7 Å².